The van der Waals surface area contributed by atoms with Crippen molar-refractivity contribution in [3.8, 4) is 0 Å². The molecule has 30 heavy (non-hydrogen) atoms. The molecule has 0 saturated heterocycles. The molecular weight excluding hydrogens is 396 g/mol. The highest BCUT2D eigenvalue weighted by Crippen LogP contribution is 2.40. The van der Waals surface area contributed by atoms with Crippen LogP contribution in [-0.2, 0) is 0 Å². The molecule has 3 heterocycles. The first kappa shape index (κ1) is 19.0. The van der Waals surface area contributed by atoms with Gasteiger partial charge in [-0.15, -0.1) is 11.3 Å². The second-order valence-corrected chi connectivity index (χ2v) is 8.89. The first-order valence-corrected chi connectivity index (χ1v) is 10.9. The van der Waals surface area contributed by atoms with Gasteiger partial charge in [0.2, 0.25) is 5.76 Å². The number of fused-ring (bicyclic) bond motifs is 4. The van der Waals surface area contributed by atoms with Crippen molar-refractivity contribution >= 4 is 39.0 Å². The van der Waals surface area contributed by atoms with E-state index >= 15 is 0 Å². The van der Waals surface area contributed by atoms with Crippen molar-refractivity contribution in [2.24, 2.45) is 0 Å². The van der Waals surface area contributed by atoms with Gasteiger partial charge in [-0.25, -0.2) is 0 Å². The minimum atomic E-state index is -0.387. The number of rotatable bonds is 5. The maximum atomic E-state index is 13.6. The van der Waals surface area contributed by atoms with Crippen LogP contribution < -0.4 is 5.43 Å². The number of hydrogen-bond acceptors (Lipinski definition) is 5. The van der Waals surface area contributed by atoms with Gasteiger partial charge in [-0.1, -0.05) is 36.4 Å². The molecular formula is C24H22N2O3S. The van der Waals surface area contributed by atoms with E-state index in [9.17, 15) is 9.59 Å². The monoisotopic (exact) mass is 418 g/mol. The Labute approximate surface area is 178 Å². The Morgan fingerprint density at radius 3 is 2.63 bits per heavy atom. The van der Waals surface area contributed by atoms with Crippen LogP contribution >= 0.6 is 11.3 Å². The maximum absolute atomic E-state index is 13.6. The molecule has 0 N–H and O–H groups in total. The predicted octanol–water partition coefficient (Wildman–Crippen LogP) is 4.50. The van der Waals surface area contributed by atoms with Crippen molar-refractivity contribution in [1.29, 1.82) is 0 Å². The van der Waals surface area contributed by atoms with Crippen LogP contribution in [0.15, 0.2) is 63.1 Å². The van der Waals surface area contributed by atoms with Gasteiger partial charge < -0.3 is 14.2 Å². The summed E-state index contributed by atoms with van der Waals surface area (Å²) >= 11 is 1.56. The highest BCUT2D eigenvalue weighted by molar-refractivity contribution is 7.10. The van der Waals surface area contributed by atoms with Gasteiger partial charge in [0.15, 0.2) is 5.43 Å². The van der Waals surface area contributed by atoms with E-state index < -0.39 is 0 Å². The topological polar surface area (TPSA) is 53.8 Å². The fourth-order valence-electron chi connectivity index (χ4n) is 4.28. The smallest absolute Gasteiger partial charge is 0.290 e. The molecule has 0 radical (unpaired) electrons. The van der Waals surface area contributed by atoms with Crippen LogP contribution in [0.25, 0.3) is 21.7 Å². The quantitative estimate of drug-likeness (QED) is 0.448. The lowest BCUT2D eigenvalue weighted by Crippen LogP contribution is -2.31. The van der Waals surface area contributed by atoms with Crippen molar-refractivity contribution in [3.05, 3.63) is 80.3 Å². The second kappa shape index (κ2) is 7.38. The molecule has 0 unspecified atom stereocenters. The summed E-state index contributed by atoms with van der Waals surface area (Å²) in [6.45, 7) is 1.44. The van der Waals surface area contributed by atoms with Crippen LogP contribution in [0, 0.1) is 0 Å². The maximum Gasteiger partial charge on any atom is 0.290 e. The third-order valence-electron chi connectivity index (χ3n) is 5.67. The van der Waals surface area contributed by atoms with Crippen LogP contribution in [0.2, 0.25) is 0 Å². The zero-order valence-corrected chi connectivity index (χ0v) is 17.7. The molecule has 5 nitrogen and oxygen atoms in total. The predicted molar refractivity (Wildman–Crippen MR) is 120 cm³/mol. The van der Waals surface area contributed by atoms with E-state index in [2.05, 4.69) is 4.90 Å². The van der Waals surface area contributed by atoms with E-state index in [0.717, 1.165) is 28.6 Å². The fraction of sp³-hybridized carbons (Fsp3) is 0.250. The summed E-state index contributed by atoms with van der Waals surface area (Å²) in [5.41, 5.74) is 0.846. The van der Waals surface area contributed by atoms with Gasteiger partial charge in [0, 0.05) is 16.8 Å². The van der Waals surface area contributed by atoms with Gasteiger partial charge in [-0.05, 0) is 50.0 Å². The number of carbonyl (C=O) groups is 1. The molecule has 1 aliphatic rings. The molecule has 0 spiro atoms. The van der Waals surface area contributed by atoms with Gasteiger partial charge in [0.05, 0.1) is 17.0 Å². The van der Waals surface area contributed by atoms with Crippen molar-refractivity contribution in [1.82, 2.24) is 9.80 Å². The third-order valence-corrected chi connectivity index (χ3v) is 6.60. The normalized spacial score (nSPS) is 16.2. The van der Waals surface area contributed by atoms with Gasteiger partial charge in [0.1, 0.15) is 5.58 Å². The van der Waals surface area contributed by atoms with Crippen LogP contribution in [0.4, 0.5) is 0 Å². The molecule has 0 fully saturated rings. The molecule has 1 atom stereocenters. The number of thiophene rings is 1. The molecule has 1 aliphatic heterocycles. The molecule has 0 saturated carbocycles. The van der Waals surface area contributed by atoms with Crippen molar-refractivity contribution in [3.63, 3.8) is 0 Å². The molecule has 5 rings (SSSR count). The zero-order valence-electron chi connectivity index (χ0n) is 16.9. The molecule has 152 valence electrons. The summed E-state index contributed by atoms with van der Waals surface area (Å²) < 4.78 is 6.20. The fourth-order valence-corrected chi connectivity index (χ4v) is 5.12. The summed E-state index contributed by atoms with van der Waals surface area (Å²) in [7, 11) is 4.03. The lowest BCUT2D eigenvalue weighted by molar-refractivity contribution is 0.0724. The number of hydrogen-bond donors (Lipinski definition) is 0. The minimum Gasteiger partial charge on any atom is -0.450 e. The Balaban J connectivity index is 1.72. The average molecular weight is 419 g/mol. The van der Waals surface area contributed by atoms with Gasteiger partial charge in [-0.2, -0.15) is 0 Å². The first-order chi connectivity index (χ1) is 14.6. The third kappa shape index (κ3) is 2.95. The number of carbonyl (C=O) groups excluding carboxylic acids is 1. The Kier molecular flexibility index (Phi) is 4.68. The van der Waals surface area contributed by atoms with Crippen LogP contribution in [0.1, 0.15) is 33.5 Å². The Hall–Kier alpha value is -2.96. The zero-order chi connectivity index (χ0) is 20.8. The number of benzene rings is 2. The minimum absolute atomic E-state index is 0.112. The van der Waals surface area contributed by atoms with Crippen LogP contribution in [0.5, 0.6) is 0 Å². The van der Waals surface area contributed by atoms with Crippen LogP contribution in [0.3, 0.4) is 0 Å². The van der Waals surface area contributed by atoms with Crippen molar-refractivity contribution in [2.75, 3.05) is 27.2 Å². The van der Waals surface area contributed by atoms with E-state index in [4.69, 9.17) is 4.42 Å². The molecule has 2 aromatic carbocycles. The van der Waals surface area contributed by atoms with Gasteiger partial charge >= 0.3 is 0 Å². The number of nitrogens with zero attached hydrogens (tertiary/aromatic N) is 2. The van der Waals surface area contributed by atoms with E-state index in [1.807, 2.05) is 68.0 Å². The highest BCUT2D eigenvalue weighted by atomic mass is 32.1. The van der Waals surface area contributed by atoms with E-state index in [0.29, 0.717) is 23.1 Å². The molecule has 0 aliphatic carbocycles. The average Bonchev–Trinajstić information content (AvgIpc) is 3.35. The SMILES string of the molecule is CN(C)CCCN1C(=O)c2oc3c(ccc4ccccc43)c(=O)c2[C@@H]1c1cccs1. The van der Waals surface area contributed by atoms with E-state index in [1.54, 1.807) is 16.2 Å². The molecule has 4 aromatic rings. The van der Waals surface area contributed by atoms with E-state index in [1.165, 1.54) is 0 Å². The summed E-state index contributed by atoms with van der Waals surface area (Å²) in [5.74, 6) is -0.0128. The summed E-state index contributed by atoms with van der Waals surface area (Å²) in [5, 5.41) is 4.33. The van der Waals surface area contributed by atoms with Crippen molar-refractivity contribution in [2.45, 2.75) is 12.5 Å². The first-order valence-electron chi connectivity index (χ1n) is 10.0. The molecule has 2 aromatic heterocycles. The highest BCUT2D eigenvalue weighted by Gasteiger charge is 2.43. The largest absolute Gasteiger partial charge is 0.450 e. The summed E-state index contributed by atoms with van der Waals surface area (Å²) in [6, 6.07) is 15.1. The Bertz CT molecular complexity index is 1310. The second-order valence-electron chi connectivity index (χ2n) is 7.91. The lowest BCUT2D eigenvalue weighted by Gasteiger charge is -2.24. The van der Waals surface area contributed by atoms with Gasteiger partial charge in [-0.3, -0.25) is 9.59 Å². The molecule has 0 bridgehead atoms. The summed E-state index contributed by atoms with van der Waals surface area (Å²) in [4.78, 5) is 31.9. The Morgan fingerprint density at radius 2 is 1.87 bits per heavy atom. The molecule has 1 amide bonds. The van der Waals surface area contributed by atoms with E-state index in [-0.39, 0.29) is 23.1 Å². The standard InChI is InChI=1S/C24H22N2O3S/c1-25(2)12-6-13-26-20(18-9-5-14-30-18)19-21(27)17-11-10-15-7-3-4-8-16(15)22(17)29-23(19)24(26)28/h3-5,7-11,14,20H,6,12-13H2,1-2H3/t20-/m0/s1. The number of amides is 1. The lowest BCUT2D eigenvalue weighted by atomic mass is 10.0. The van der Waals surface area contributed by atoms with Crippen molar-refractivity contribution < 1.29 is 9.21 Å². The molecule has 6 heteroatoms. The van der Waals surface area contributed by atoms with Gasteiger partial charge in [0.25, 0.3) is 5.91 Å². The van der Waals surface area contributed by atoms with Crippen LogP contribution in [-0.4, -0.2) is 42.9 Å². The Morgan fingerprint density at radius 1 is 1.03 bits per heavy atom. The summed E-state index contributed by atoms with van der Waals surface area (Å²) in [6.07, 6.45) is 0.825.